The van der Waals surface area contributed by atoms with E-state index < -0.39 is 0 Å². The summed E-state index contributed by atoms with van der Waals surface area (Å²) in [5.74, 6) is 7.15. The van der Waals surface area contributed by atoms with Gasteiger partial charge < -0.3 is 15.4 Å². The normalized spacial score (nSPS) is 24.1. The Morgan fingerprint density at radius 1 is 1.65 bits per heavy atom. The molecular formula is C10H16BrN5O. The summed E-state index contributed by atoms with van der Waals surface area (Å²) < 4.78 is 0.732. The van der Waals surface area contributed by atoms with E-state index in [1.807, 2.05) is 0 Å². The van der Waals surface area contributed by atoms with E-state index in [9.17, 15) is 5.11 Å². The molecule has 7 heteroatoms. The Kier molecular flexibility index (Phi) is 3.80. The highest BCUT2D eigenvalue weighted by Gasteiger charge is 2.32. The maximum absolute atomic E-state index is 9.44. The van der Waals surface area contributed by atoms with Gasteiger partial charge in [-0.2, -0.15) is 0 Å². The third kappa shape index (κ3) is 2.22. The van der Waals surface area contributed by atoms with Gasteiger partial charge in [0.05, 0.1) is 12.6 Å². The minimum absolute atomic E-state index is 0.104. The molecule has 1 aromatic rings. The van der Waals surface area contributed by atoms with E-state index in [0.717, 1.165) is 23.3 Å². The van der Waals surface area contributed by atoms with E-state index >= 15 is 0 Å². The zero-order valence-corrected chi connectivity index (χ0v) is 11.2. The van der Waals surface area contributed by atoms with E-state index in [1.54, 1.807) is 0 Å². The molecule has 0 radical (unpaired) electrons. The van der Waals surface area contributed by atoms with Crippen LogP contribution in [0.15, 0.2) is 10.8 Å². The highest BCUT2D eigenvalue weighted by molar-refractivity contribution is 9.10. The second-order valence-electron chi connectivity index (χ2n) is 4.21. The molecular weight excluding hydrogens is 286 g/mol. The van der Waals surface area contributed by atoms with Crippen LogP contribution in [0.2, 0.25) is 0 Å². The van der Waals surface area contributed by atoms with Crippen LogP contribution < -0.4 is 16.2 Å². The van der Waals surface area contributed by atoms with Crippen molar-refractivity contribution >= 4 is 27.6 Å². The quantitative estimate of drug-likeness (QED) is 0.564. The van der Waals surface area contributed by atoms with E-state index in [0.29, 0.717) is 11.7 Å². The molecule has 1 saturated heterocycles. The molecule has 1 aliphatic rings. The Bertz CT molecular complexity index is 402. The van der Waals surface area contributed by atoms with Crippen LogP contribution in [0.25, 0.3) is 0 Å². The SMILES string of the molecule is CC1CCN(c2ncnc(NN)c2Br)C1CO. The molecule has 0 spiro atoms. The van der Waals surface area contributed by atoms with Gasteiger partial charge in [0.25, 0.3) is 0 Å². The molecule has 1 aliphatic heterocycles. The number of nitrogens with one attached hydrogen (secondary N) is 1. The fraction of sp³-hybridized carbons (Fsp3) is 0.600. The van der Waals surface area contributed by atoms with Crippen molar-refractivity contribution in [3.05, 3.63) is 10.8 Å². The number of nitrogens with two attached hydrogens (primary N) is 1. The molecule has 0 saturated carbocycles. The standard InChI is InChI=1S/C10H16BrN5O/c1-6-2-3-16(7(6)4-17)10-8(11)9(15-12)13-5-14-10/h5-7,17H,2-4,12H2,1H3,(H,13,14,15). The maximum Gasteiger partial charge on any atom is 0.159 e. The average molecular weight is 302 g/mol. The fourth-order valence-electron chi connectivity index (χ4n) is 2.21. The summed E-state index contributed by atoms with van der Waals surface area (Å²) in [5.41, 5.74) is 2.52. The van der Waals surface area contributed by atoms with Gasteiger partial charge in [0.15, 0.2) is 5.82 Å². The highest BCUT2D eigenvalue weighted by Crippen LogP contribution is 2.35. The zero-order chi connectivity index (χ0) is 12.4. The van der Waals surface area contributed by atoms with Crippen LogP contribution in [0.5, 0.6) is 0 Å². The summed E-state index contributed by atoms with van der Waals surface area (Å²) in [6.07, 6.45) is 2.51. The number of aliphatic hydroxyl groups is 1. The van der Waals surface area contributed by atoms with Crippen LogP contribution in [0.4, 0.5) is 11.6 Å². The Morgan fingerprint density at radius 3 is 3.06 bits per heavy atom. The fourth-order valence-corrected chi connectivity index (χ4v) is 2.76. The topological polar surface area (TPSA) is 87.3 Å². The minimum Gasteiger partial charge on any atom is -0.394 e. The molecule has 2 atom stereocenters. The van der Waals surface area contributed by atoms with Crippen molar-refractivity contribution in [1.29, 1.82) is 0 Å². The van der Waals surface area contributed by atoms with Crippen molar-refractivity contribution in [2.45, 2.75) is 19.4 Å². The first-order valence-corrected chi connectivity index (χ1v) is 6.33. The van der Waals surface area contributed by atoms with Crippen LogP contribution in [0.1, 0.15) is 13.3 Å². The van der Waals surface area contributed by atoms with Gasteiger partial charge in [-0.15, -0.1) is 0 Å². The molecule has 2 heterocycles. The van der Waals surface area contributed by atoms with Crippen molar-refractivity contribution in [3.8, 4) is 0 Å². The van der Waals surface area contributed by atoms with Gasteiger partial charge in [-0.1, -0.05) is 6.92 Å². The lowest BCUT2D eigenvalue weighted by atomic mass is 10.0. The first-order chi connectivity index (χ1) is 8.19. The van der Waals surface area contributed by atoms with Gasteiger partial charge >= 0.3 is 0 Å². The zero-order valence-electron chi connectivity index (χ0n) is 9.60. The molecule has 94 valence electrons. The summed E-state index contributed by atoms with van der Waals surface area (Å²) in [5, 5.41) is 9.44. The molecule has 2 unspecified atom stereocenters. The van der Waals surface area contributed by atoms with E-state index in [2.05, 4.69) is 43.1 Å². The van der Waals surface area contributed by atoms with Crippen molar-refractivity contribution < 1.29 is 5.11 Å². The van der Waals surface area contributed by atoms with E-state index in [1.165, 1.54) is 6.33 Å². The van der Waals surface area contributed by atoms with Crippen molar-refractivity contribution in [1.82, 2.24) is 9.97 Å². The van der Waals surface area contributed by atoms with Crippen LogP contribution in [-0.2, 0) is 0 Å². The van der Waals surface area contributed by atoms with Gasteiger partial charge in [0, 0.05) is 6.54 Å². The number of nitrogen functional groups attached to an aromatic ring is 1. The number of aromatic nitrogens is 2. The predicted octanol–water partition coefficient (Wildman–Crippen LogP) is 0.732. The molecule has 0 amide bonds. The Balaban J connectivity index is 2.34. The Morgan fingerprint density at radius 2 is 2.41 bits per heavy atom. The number of hydrazine groups is 1. The first-order valence-electron chi connectivity index (χ1n) is 5.53. The number of hydrogen-bond donors (Lipinski definition) is 3. The second kappa shape index (κ2) is 5.16. The summed E-state index contributed by atoms with van der Waals surface area (Å²) in [6, 6.07) is 0.104. The number of halogens is 1. The molecule has 4 N–H and O–H groups in total. The Hall–Kier alpha value is -0.920. The average Bonchev–Trinajstić information content (AvgIpc) is 2.70. The first kappa shape index (κ1) is 12.5. The summed E-state index contributed by atoms with van der Waals surface area (Å²) in [7, 11) is 0. The molecule has 0 aromatic carbocycles. The van der Waals surface area contributed by atoms with Gasteiger partial charge in [0.1, 0.15) is 16.6 Å². The number of anilines is 2. The minimum atomic E-state index is 0.104. The van der Waals surface area contributed by atoms with Crippen LogP contribution in [-0.4, -0.2) is 34.3 Å². The molecule has 1 fully saturated rings. The summed E-state index contributed by atoms with van der Waals surface area (Å²) >= 11 is 3.44. The summed E-state index contributed by atoms with van der Waals surface area (Å²) in [6.45, 7) is 3.15. The van der Waals surface area contributed by atoms with Crippen LogP contribution in [0.3, 0.4) is 0 Å². The number of rotatable bonds is 3. The smallest absolute Gasteiger partial charge is 0.159 e. The number of hydrogen-bond acceptors (Lipinski definition) is 6. The predicted molar refractivity (Wildman–Crippen MR) is 69.5 cm³/mol. The van der Waals surface area contributed by atoms with E-state index in [-0.39, 0.29) is 12.6 Å². The van der Waals surface area contributed by atoms with Gasteiger partial charge in [-0.05, 0) is 28.3 Å². The lowest BCUT2D eigenvalue weighted by Crippen LogP contribution is -2.36. The van der Waals surface area contributed by atoms with Crippen molar-refractivity contribution in [2.75, 3.05) is 23.5 Å². The largest absolute Gasteiger partial charge is 0.394 e. The van der Waals surface area contributed by atoms with Gasteiger partial charge in [0.2, 0.25) is 0 Å². The van der Waals surface area contributed by atoms with Crippen LogP contribution in [0, 0.1) is 5.92 Å². The van der Waals surface area contributed by atoms with Gasteiger partial charge in [-0.3, -0.25) is 0 Å². The molecule has 2 rings (SSSR count). The lowest BCUT2D eigenvalue weighted by molar-refractivity contribution is 0.244. The highest BCUT2D eigenvalue weighted by atomic mass is 79.9. The van der Waals surface area contributed by atoms with E-state index in [4.69, 9.17) is 5.84 Å². The molecule has 17 heavy (non-hydrogen) atoms. The summed E-state index contributed by atoms with van der Waals surface area (Å²) in [4.78, 5) is 10.4. The molecule has 0 aliphatic carbocycles. The third-order valence-corrected chi connectivity index (χ3v) is 3.98. The van der Waals surface area contributed by atoms with Gasteiger partial charge in [-0.25, -0.2) is 15.8 Å². The molecule has 0 bridgehead atoms. The number of aliphatic hydroxyl groups excluding tert-OH is 1. The van der Waals surface area contributed by atoms with Crippen LogP contribution >= 0.6 is 15.9 Å². The lowest BCUT2D eigenvalue weighted by Gasteiger charge is -2.27. The Labute approximate surface area is 108 Å². The maximum atomic E-state index is 9.44. The van der Waals surface area contributed by atoms with Crippen molar-refractivity contribution in [2.24, 2.45) is 11.8 Å². The molecule has 6 nitrogen and oxygen atoms in total. The second-order valence-corrected chi connectivity index (χ2v) is 5.01. The molecule has 1 aromatic heterocycles. The van der Waals surface area contributed by atoms with Crippen molar-refractivity contribution in [3.63, 3.8) is 0 Å². The monoisotopic (exact) mass is 301 g/mol. The third-order valence-electron chi connectivity index (χ3n) is 3.25. The number of nitrogens with zero attached hydrogens (tertiary/aromatic N) is 3.